The Balaban J connectivity index is 2.66. The number of rotatable bonds is 1. The summed E-state index contributed by atoms with van der Waals surface area (Å²) in [4.78, 5) is 0. The van der Waals surface area contributed by atoms with E-state index < -0.39 is 0 Å². The molecule has 1 aliphatic rings. The van der Waals surface area contributed by atoms with Crippen molar-refractivity contribution in [2.75, 3.05) is 6.54 Å². The van der Waals surface area contributed by atoms with Crippen LogP contribution in [-0.2, 0) is 0 Å². The van der Waals surface area contributed by atoms with E-state index >= 15 is 0 Å². The van der Waals surface area contributed by atoms with Crippen molar-refractivity contribution < 1.29 is 5.73 Å². The zero-order chi connectivity index (χ0) is 9.41. The molecule has 2 heteroatoms. The van der Waals surface area contributed by atoms with Crippen LogP contribution in [0.25, 0.3) is 0 Å². The van der Waals surface area contributed by atoms with Crippen molar-refractivity contribution in [2.45, 2.75) is 51.6 Å². The fraction of sp³-hybridized carbons (Fsp3) is 1.00. The van der Waals surface area contributed by atoms with E-state index in [4.69, 9.17) is 0 Å². The Kier molecular flexibility index (Phi) is 2.50. The van der Waals surface area contributed by atoms with Gasteiger partial charge in [-0.2, -0.15) is 0 Å². The van der Waals surface area contributed by atoms with Gasteiger partial charge in [0.25, 0.3) is 0 Å². The van der Waals surface area contributed by atoms with E-state index in [0.717, 1.165) is 12.5 Å². The highest BCUT2D eigenvalue weighted by atomic mass is 15.0. The summed E-state index contributed by atoms with van der Waals surface area (Å²) >= 11 is 0. The van der Waals surface area contributed by atoms with Crippen LogP contribution in [0.15, 0.2) is 0 Å². The van der Waals surface area contributed by atoms with E-state index in [9.17, 15) is 0 Å². The van der Waals surface area contributed by atoms with Gasteiger partial charge in [-0.3, -0.25) is 0 Å². The van der Waals surface area contributed by atoms with E-state index in [2.05, 4.69) is 38.7 Å². The van der Waals surface area contributed by atoms with Gasteiger partial charge in [0.05, 0.1) is 6.54 Å². The molecule has 0 atom stereocenters. The lowest BCUT2D eigenvalue weighted by atomic mass is 9.76. The summed E-state index contributed by atoms with van der Waals surface area (Å²) in [6.07, 6.45) is 2.53. The number of piperidine rings is 1. The molecule has 1 rings (SSSR count). The summed E-state index contributed by atoms with van der Waals surface area (Å²) in [5.41, 5.74) is 4.60. The summed E-state index contributed by atoms with van der Waals surface area (Å²) in [6.45, 7) is 10.2. The fourth-order valence-electron chi connectivity index (χ4n) is 2.74. The zero-order valence-electron chi connectivity index (χ0n) is 8.91. The van der Waals surface area contributed by atoms with E-state index in [0.29, 0.717) is 11.1 Å². The summed E-state index contributed by atoms with van der Waals surface area (Å²) < 4.78 is 0. The van der Waals surface area contributed by atoms with Crippen molar-refractivity contribution in [2.24, 2.45) is 5.92 Å². The van der Waals surface area contributed by atoms with Crippen LogP contribution in [0.3, 0.4) is 0 Å². The molecular formula is C10H23N2+. The second kappa shape index (κ2) is 3.00. The molecule has 0 spiro atoms. The molecule has 0 amide bonds. The molecule has 12 heavy (non-hydrogen) atoms. The van der Waals surface area contributed by atoms with Gasteiger partial charge in [-0.1, -0.05) is 0 Å². The van der Waals surface area contributed by atoms with Crippen LogP contribution in [0.4, 0.5) is 0 Å². The number of nitrogens with one attached hydrogen (secondary N) is 1. The lowest BCUT2D eigenvalue weighted by Gasteiger charge is -2.45. The minimum Gasteiger partial charge on any atom is -0.357 e. The molecule has 1 saturated heterocycles. The SMILES string of the molecule is CC1(C)CC(C[NH3+])CC(C)(C)N1. The normalized spacial score (nSPS) is 28.8. The first-order valence-electron chi connectivity index (χ1n) is 4.93. The van der Waals surface area contributed by atoms with Gasteiger partial charge in [0.2, 0.25) is 0 Å². The molecule has 0 unspecified atom stereocenters. The minimum absolute atomic E-state index is 0.296. The lowest BCUT2D eigenvalue weighted by molar-refractivity contribution is -0.382. The third kappa shape index (κ3) is 2.46. The topological polar surface area (TPSA) is 39.7 Å². The maximum absolute atomic E-state index is 4.01. The molecule has 1 aliphatic heterocycles. The zero-order valence-corrected chi connectivity index (χ0v) is 8.91. The van der Waals surface area contributed by atoms with Gasteiger partial charge in [0.15, 0.2) is 0 Å². The monoisotopic (exact) mass is 171 g/mol. The molecule has 0 radical (unpaired) electrons. The van der Waals surface area contributed by atoms with Crippen molar-refractivity contribution in [1.29, 1.82) is 0 Å². The summed E-state index contributed by atoms with van der Waals surface area (Å²) in [5, 5.41) is 3.67. The Bertz CT molecular complexity index is 145. The van der Waals surface area contributed by atoms with E-state index in [-0.39, 0.29) is 0 Å². The van der Waals surface area contributed by atoms with Crippen LogP contribution < -0.4 is 11.1 Å². The standard InChI is InChI=1S/C10H22N2/c1-9(2)5-8(7-11)6-10(3,4)12-9/h8,12H,5-7,11H2,1-4H3/p+1. The number of hydrogen-bond acceptors (Lipinski definition) is 1. The average Bonchev–Trinajstić information content (AvgIpc) is 1.80. The smallest absolute Gasteiger partial charge is 0.0769 e. The van der Waals surface area contributed by atoms with Gasteiger partial charge in [0, 0.05) is 17.0 Å². The molecule has 4 N–H and O–H groups in total. The number of quaternary nitrogens is 1. The fourth-order valence-corrected chi connectivity index (χ4v) is 2.74. The van der Waals surface area contributed by atoms with E-state index in [1.807, 2.05) is 0 Å². The van der Waals surface area contributed by atoms with Crippen molar-refractivity contribution in [3.8, 4) is 0 Å². The first kappa shape index (κ1) is 10.0. The molecule has 2 nitrogen and oxygen atoms in total. The largest absolute Gasteiger partial charge is 0.357 e. The number of hydrogen-bond donors (Lipinski definition) is 2. The van der Waals surface area contributed by atoms with Crippen LogP contribution in [0.1, 0.15) is 40.5 Å². The molecule has 0 aromatic carbocycles. The highest BCUT2D eigenvalue weighted by Crippen LogP contribution is 2.31. The molecule has 0 bridgehead atoms. The van der Waals surface area contributed by atoms with Crippen LogP contribution in [0, 0.1) is 5.92 Å². The molecule has 1 fully saturated rings. The third-order valence-corrected chi connectivity index (χ3v) is 2.68. The summed E-state index contributed by atoms with van der Waals surface area (Å²) in [5.74, 6) is 0.802. The molecule has 0 aromatic heterocycles. The van der Waals surface area contributed by atoms with Gasteiger partial charge in [-0.25, -0.2) is 0 Å². The van der Waals surface area contributed by atoms with Gasteiger partial charge >= 0.3 is 0 Å². The van der Waals surface area contributed by atoms with Gasteiger partial charge in [0.1, 0.15) is 0 Å². The Hall–Kier alpha value is -0.0800. The Labute approximate surface area is 75.9 Å². The quantitative estimate of drug-likeness (QED) is 0.601. The van der Waals surface area contributed by atoms with Crippen molar-refractivity contribution in [1.82, 2.24) is 5.32 Å². The maximum Gasteiger partial charge on any atom is 0.0769 e. The van der Waals surface area contributed by atoms with Crippen molar-refractivity contribution in [3.63, 3.8) is 0 Å². The van der Waals surface area contributed by atoms with Gasteiger partial charge in [-0.15, -0.1) is 0 Å². The lowest BCUT2D eigenvalue weighted by Crippen LogP contribution is -2.63. The Morgan fingerprint density at radius 2 is 1.58 bits per heavy atom. The summed E-state index contributed by atoms with van der Waals surface area (Å²) in [7, 11) is 0. The Morgan fingerprint density at radius 1 is 1.17 bits per heavy atom. The van der Waals surface area contributed by atoms with Crippen LogP contribution in [-0.4, -0.2) is 17.6 Å². The molecular weight excluding hydrogens is 148 g/mol. The van der Waals surface area contributed by atoms with E-state index in [1.54, 1.807) is 0 Å². The molecule has 72 valence electrons. The van der Waals surface area contributed by atoms with Crippen LogP contribution in [0.5, 0.6) is 0 Å². The average molecular weight is 171 g/mol. The van der Waals surface area contributed by atoms with Crippen molar-refractivity contribution in [3.05, 3.63) is 0 Å². The third-order valence-electron chi connectivity index (χ3n) is 2.68. The van der Waals surface area contributed by atoms with Gasteiger partial charge in [-0.05, 0) is 40.5 Å². The summed E-state index contributed by atoms with van der Waals surface area (Å²) in [6, 6.07) is 0. The maximum atomic E-state index is 4.01. The first-order valence-corrected chi connectivity index (χ1v) is 4.93. The molecule has 1 heterocycles. The van der Waals surface area contributed by atoms with Crippen molar-refractivity contribution >= 4 is 0 Å². The first-order chi connectivity index (χ1) is 5.35. The van der Waals surface area contributed by atoms with E-state index in [1.165, 1.54) is 12.8 Å². The molecule has 0 saturated carbocycles. The predicted molar refractivity (Wildman–Crippen MR) is 51.8 cm³/mol. The second-order valence-electron chi connectivity index (χ2n) is 5.46. The second-order valence-corrected chi connectivity index (χ2v) is 5.46. The van der Waals surface area contributed by atoms with Crippen LogP contribution in [0.2, 0.25) is 0 Å². The highest BCUT2D eigenvalue weighted by molar-refractivity contribution is 4.96. The van der Waals surface area contributed by atoms with Gasteiger partial charge < -0.3 is 11.1 Å². The minimum atomic E-state index is 0.296. The predicted octanol–water partition coefficient (Wildman–Crippen LogP) is 0.785. The Morgan fingerprint density at radius 3 is 1.92 bits per heavy atom. The molecule has 0 aliphatic carbocycles. The van der Waals surface area contributed by atoms with Crippen LogP contribution >= 0.6 is 0 Å². The molecule has 0 aromatic rings. The highest BCUT2D eigenvalue weighted by Gasteiger charge is 2.37.